The van der Waals surface area contributed by atoms with Crippen molar-refractivity contribution >= 4 is 16.5 Å². The molecule has 0 amide bonds. The molecule has 116 valence electrons. The molecule has 0 aliphatic carbocycles. The monoisotopic (exact) mass is 309 g/mol. The van der Waals surface area contributed by atoms with Gasteiger partial charge in [-0.25, -0.2) is 4.98 Å². The Balaban J connectivity index is 2.64. The summed E-state index contributed by atoms with van der Waals surface area (Å²) in [6.07, 6.45) is -4.95. The fourth-order valence-electron chi connectivity index (χ4n) is 1.48. The van der Waals surface area contributed by atoms with Crippen LogP contribution in [0.2, 0.25) is 0 Å². The second kappa shape index (κ2) is 6.30. The molecule has 0 aromatic carbocycles. The van der Waals surface area contributed by atoms with Gasteiger partial charge in [-0.3, -0.25) is 0 Å². The van der Waals surface area contributed by atoms with Gasteiger partial charge in [0.25, 0.3) is 0 Å². The topological polar surface area (TPSA) is 28.2 Å². The zero-order valence-corrected chi connectivity index (χ0v) is 13.4. The van der Waals surface area contributed by atoms with Crippen molar-refractivity contribution in [2.75, 3.05) is 18.5 Å². The predicted octanol–water partition coefficient (Wildman–Crippen LogP) is 3.73. The van der Waals surface area contributed by atoms with Crippen molar-refractivity contribution in [1.29, 1.82) is 0 Å². The van der Waals surface area contributed by atoms with Gasteiger partial charge in [-0.15, -0.1) is 11.3 Å². The highest BCUT2D eigenvalue weighted by molar-refractivity contribution is 7.15. The van der Waals surface area contributed by atoms with E-state index in [1.807, 2.05) is 6.92 Å². The molecule has 1 rings (SSSR count). The first-order valence-corrected chi connectivity index (χ1v) is 7.29. The van der Waals surface area contributed by atoms with Gasteiger partial charge in [-0.2, -0.15) is 13.2 Å². The number of rotatable bonds is 5. The van der Waals surface area contributed by atoms with Gasteiger partial charge in [0.15, 0.2) is 5.13 Å². The van der Waals surface area contributed by atoms with Crippen LogP contribution in [-0.2, 0) is 6.54 Å². The van der Waals surface area contributed by atoms with Crippen LogP contribution in [0, 0.1) is 6.92 Å². The summed E-state index contributed by atoms with van der Waals surface area (Å²) in [7, 11) is 1.64. The third-order valence-corrected chi connectivity index (χ3v) is 3.99. The first-order chi connectivity index (χ1) is 8.98. The fraction of sp³-hybridized carbons (Fsp3) is 0.769. The highest BCUT2D eigenvalue weighted by atomic mass is 32.1. The molecule has 3 nitrogen and oxygen atoms in total. The second-order valence-electron chi connectivity index (χ2n) is 5.90. The minimum Gasteiger partial charge on any atom is -0.351 e. The van der Waals surface area contributed by atoms with Gasteiger partial charge in [0.05, 0.1) is 12.1 Å². The summed E-state index contributed by atoms with van der Waals surface area (Å²) >= 11 is 1.44. The normalized spacial score (nSPS) is 12.8. The molecule has 1 aromatic heterocycles. The van der Waals surface area contributed by atoms with Crippen molar-refractivity contribution < 1.29 is 13.2 Å². The predicted molar refractivity (Wildman–Crippen MR) is 77.4 cm³/mol. The van der Waals surface area contributed by atoms with E-state index in [0.29, 0.717) is 11.7 Å². The molecule has 20 heavy (non-hydrogen) atoms. The maximum atomic E-state index is 12.2. The molecule has 1 N–H and O–H groups in total. The van der Waals surface area contributed by atoms with Crippen molar-refractivity contribution in [2.24, 2.45) is 0 Å². The molecule has 1 heterocycles. The maximum absolute atomic E-state index is 12.2. The average Bonchev–Trinajstić information content (AvgIpc) is 2.63. The van der Waals surface area contributed by atoms with Crippen molar-refractivity contribution in [3.05, 3.63) is 10.6 Å². The number of thiazole rings is 1. The van der Waals surface area contributed by atoms with Crippen molar-refractivity contribution in [3.8, 4) is 0 Å². The molecule has 0 aliphatic heterocycles. The molecule has 0 bridgehead atoms. The average molecular weight is 309 g/mol. The van der Waals surface area contributed by atoms with Gasteiger partial charge in [0.1, 0.15) is 0 Å². The molecule has 0 unspecified atom stereocenters. The number of halogens is 3. The third kappa shape index (κ3) is 6.09. The quantitative estimate of drug-likeness (QED) is 0.898. The van der Waals surface area contributed by atoms with Crippen LogP contribution in [-0.4, -0.2) is 30.3 Å². The van der Waals surface area contributed by atoms with Gasteiger partial charge in [-0.1, -0.05) is 0 Å². The molecule has 0 fully saturated rings. The van der Waals surface area contributed by atoms with E-state index in [1.54, 1.807) is 11.9 Å². The minimum absolute atomic E-state index is 0.00121. The Morgan fingerprint density at radius 1 is 1.25 bits per heavy atom. The lowest BCUT2D eigenvalue weighted by atomic mass is 10.1. The van der Waals surface area contributed by atoms with Gasteiger partial charge >= 0.3 is 6.18 Å². The molecule has 0 aliphatic rings. The van der Waals surface area contributed by atoms with Crippen molar-refractivity contribution in [1.82, 2.24) is 10.3 Å². The van der Waals surface area contributed by atoms with E-state index in [-0.39, 0.29) is 12.1 Å². The summed E-state index contributed by atoms with van der Waals surface area (Å²) in [6, 6.07) is 0. The lowest BCUT2D eigenvalue weighted by molar-refractivity contribution is -0.132. The smallest absolute Gasteiger partial charge is 0.351 e. The first-order valence-electron chi connectivity index (χ1n) is 6.47. The van der Waals surface area contributed by atoms with E-state index in [1.165, 1.54) is 11.3 Å². The number of aromatic nitrogens is 1. The summed E-state index contributed by atoms with van der Waals surface area (Å²) in [5.74, 6) is 0. The molecule has 0 saturated heterocycles. The Bertz CT molecular complexity index is 435. The van der Waals surface area contributed by atoms with E-state index < -0.39 is 12.6 Å². The highest BCUT2D eigenvalue weighted by Crippen LogP contribution is 2.27. The van der Waals surface area contributed by atoms with Crippen LogP contribution in [0.5, 0.6) is 0 Å². The Kier molecular flexibility index (Phi) is 5.43. The zero-order valence-electron chi connectivity index (χ0n) is 12.6. The Morgan fingerprint density at radius 3 is 2.35 bits per heavy atom. The molecular formula is C13H22F3N3S. The van der Waals surface area contributed by atoms with E-state index in [2.05, 4.69) is 31.1 Å². The van der Waals surface area contributed by atoms with Crippen LogP contribution < -0.4 is 10.2 Å². The molecule has 7 heteroatoms. The van der Waals surface area contributed by atoms with Gasteiger partial charge in [-0.05, 0) is 27.7 Å². The Morgan fingerprint density at radius 2 is 1.85 bits per heavy atom. The molecule has 0 atom stereocenters. The molecule has 0 spiro atoms. The summed E-state index contributed by atoms with van der Waals surface area (Å²) in [5.41, 5.74) is 0.874. The van der Waals surface area contributed by atoms with Crippen LogP contribution in [0.25, 0.3) is 0 Å². The van der Waals surface area contributed by atoms with E-state index in [0.717, 1.165) is 10.6 Å². The largest absolute Gasteiger partial charge is 0.390 e. The SMILES string of the molecule is Cc1nc(N(C)CCC(F)(F)F)sc1CNC(C)(C)C. The summed E-state index contributed by atoms with van der Waals surface area (Å²) < 4.78 is 36.6. The fourth-order valence-corrected chi connectivity index (χ4v) is 2.46. The van der Waals surface area contributed by atoms with Gasteiger partial charge < -0.3 is 10.2 Å². The molecule has 0 radical (unpaired) electrons. The lowest BCUT2D eigenvalue weighted by Gasteiger charge is -2.20. The van der Waals surface area contributed by atoms with E-state index in [4.69, 9.17) is 0 Å². The molecule has 1 aromatic rings. The van der Waals surface area contributed by atoms with Crippen LogP contribution in [0.15, 0.2) is 0 Å². The van der Waals surface area contributed by atoms with Crippen LogP contribution in [0.4, 0.5) is 18.3 Å². The number of nitrogens with zero attached hydrogens (tertiary/aromatic N) is 2. The summed E-state index contributed by atoms with van der Waals surface area (Å²) in [4.78, 5) is 6.97. The molecular weight excluding hydrogens is 287 g/mol. The molecule has 0 saturated carbocycles. The first kappa shape index (κ1) is 17.2. The number of anilines is 1. The van der Waals surface area contributed by atoms with Crippen LogP contribution >= 0.6 is 11.3 Å². The Labute approximate surface area is 122 Å². The van der Waals surface area contributed by atoms with Crippen LogP contribution in [0.1, 0.15) is 37.8 Å². The number of aryl methyl sites for hydroxylation is 1. The van der Waals surface area contributed by atoms with Gasteiger partial charge in [0, 0.05) is 30.6 Å². The number of alkyl halides is 3. The maximum Gasteiger partial charge on any atom is 0.390 e. The summed E-state index contributed by atoms with van der Waals surface area (Å²) in [6.45, 7) is 8.71. The van der Waals surface area contributed by atoms with E-state index in [9.17, 15) is 13.2 Å². The van der Waals surface area contributed by atoms with Crippen molar-refractivity contribution in [3.63, 3.8) is 0 Å². The lowest BCUT2D eigenvalue weighted by Crippen LogP contribution is -2.34. The van der Waals surface area contributed by atoms with Crippen molar-refractivity contribution in [2.45, 2.75) is 52.4 Å². The van der Waals surface area contributed by atoms with Gasteiger partial charge in [0.2, 0.25) is 0 Å². The number of nitrogens with one attached hydrogen (secondary N) is 1. The minimum atomic E-state index is -4.13. The standard InChI is InChI=1S/C13H22F3N3S/c1-9-10(8-17-12(2,3)4)20-11(18-9)19(5)7-6-13(14,15)16/h17H,6-8H2,1-5H3. The second-order valence-corrected chi connectivity index (χ2v) is 6.96. The third-order valence-electron chi connectivity index (χ3n) is 2.72. The van der Waals surface area contributed by atoms with E-state index >= 15 is 0 Å². The summed E-state index contributed by atoms with van der Waals surface area (Å²) in [5, 5.41) is 4.00. The number of hydrogen-bond donors (Lipinski definition) is 1. The highest BCUT2D eigenvalue weighted by Gasteiger charge is 2.27. The Hall–Kier alpha value is -0.820. The zero-order chi connectivity index (χ0) is 15.6. The van der Waals surface area contributed by atoms with Crippen LogP contribution in [0.3, 0.4) is 0 Å². The number of hydrogen-bond acceptors (Lipinski definition) is 4.